The van der Waals surface area contributed by atoms with Gasteiger partial charge in [0.25, 0.3) is 0 Å². The van der Waals surface area contributed by atoms with Crippen molar-refractivity contribution in [2.75, 3.05) is 20.1 Å². The van der Waals surface area contributed by atoms with Crippen LogP contribution in [-0.4, -0.2) is 42.9 Å². The molecular formula is C15H30ClN3O2. The first-order chi connectivity index (χ1) is 9.44. The second-order valence-corrected chi connectivity index (χ2v) is 6.08. The summed E-state index contributed by atoms with van der Waals surface area (Å²) in [6, 6.07) is -0.467. The third kappa shape index (κ3) is 5.83. The lowest BCUT2D eigenvalue weighted by Crippen LogP contribution is -2.47. The molecule has 1 rings (SSSR count). The van der Waals surface area contributed by atoms with E-state index in [1.165, 1.54) is 6.42 Å². The molecule has 1 aliphatic rings. The van der Waals surface area contributed by atoms with Gasteiger partial charge in [-0.3, -0.25) is 9.59 Å². The van der Waals surface area contributed by atoms with Gasteiger partial charge < -0.3 is 16.0 Å². The van der Waals surface area contributed by atoms with Crippen molar-refractivity contribution in [3.05, 3.63) is 0 Å². The van der Waals surface area contributed by atoms with Gasteiger partial charge in [0.15, 0.2) is 0 Å². The van der Waals surface area contributed by atoms with Crippen LogP contribution in [0, 0.1) is 5.41 Å². The van der Waals surface area contributed by atoms with Crippen molar-refractivity contribution >= 4 is 24.2 Å². The molecule has 0 aromatic heterocycles. The molecule has 0 aliphatic heterocycles. The predicted molar refractivity (Wildman–Crippen MR) is 87.4 cm³/mol. The van der Waals surface area contributed by atoms with Gasteiger partial charge in [-0.05, 0) is 38.6 Å². The van der Waals surface area contributed by atoms with Crippen LogP contribution in [0.4, 0.5) is 0 Å². The molecule has 2 amide bonds. The molecule has 1 fully saturated rings. The number of nitrogens with zero attached hydrogens (tertiary/aromatic N) is 1. The van der Waals surface area contributed by atoms with Crippen molar-refractivity contribution in [3.63, 3.8) is 0 Å². The fourth-order valence-electron chi connectivity index (χ4n) is 2.94. The van der Waals surface area contributed by atoms with Crippen LogP contribution >= 0.6 is 12.4 Å². The first-order valence-corrected chi connectivity index (χ1v) is 7.68. The second kappa shape index (κ2) is 9.26. The molecule has 1 saturated carbocycles. The third-order valence-electron chi connectivity index (χ3n) is 4.48. The maximum Gasteiger partial charge on any atom is 0.244 e. The quantitative estimate of drug-likeness (QED) is 0.782. The summed E-state index contributed by atoms with van der Waals surface area (Å²) in [5.41, 5.74) is 5.84. The number of amides is 2. The van der Waals surface area contributed by atoms with Crippen LogP contribution in [0.3, 0.4) is 0 Å². The second-order valence-electron chi connectivity index (χ2n) is 6.08. The average molecular weight is 320 g/mol. The SMILES string of the molecule is CCN(C)C(=O)C(C)NC(=O)CC1(CN)CCCCC1.Cl. The molecule has 6 heteroatoms. The highest BCUT2D eigenvalue weighted by molar-refractivity contribution is 5.87. The molecular weight excluding hydrogens is 290 g/mol. The maximum absolute atomic E-state index is 12.2. The van der Waals surface area contributed by atoms with Crippen LogP contribution in [-0.2, 0) is 9.59 Å². The lowest BCUT2D eigenvalue weighted by Gasteiger charge is -2.36. The Morgan fingerprint density at radius 2 is 1.86 bits per heavy atom. The molecule has 0 heterocycles. The van der Waals surface area contributed by atoms with Crippen LogP contribution < -0.4 is 11.1 Å². The van der Waals surface area contributed by atoms with E-state index in [2.05, 4.69) is 5.32 Å². The summed E-state index contributed by atoms with van der Waals surface area (Å²) < 4.78 is 0. The standard InChI is InChI=1S/C15H29N3O2.ClH/c1-4-18(3)14(20)12(2)17-13(19)10-15(11-16)8-6-5-7-9-15;/h12H,4-11,16H2,1-3H3,(H,17,19);1H. The Morgan fingerprint density at radius 3 is 2.33 bits per heavy atom. The number of nitrogens with one attached hydrogen (secondary N) is 1. The molecule has 0 spiro atoms. The minimum Gasteiger partial charge on any atom is -0.345 e. The van der Waals surface area contributed by atoms with Crippen molar-refractivity contribution in [1.29, 1.82) is 0 Å². The number of carbonyl (C=O) groups is 2. The lowest BCUT2D eigenvalue weighted by molar-refractivity contribution is -0.135. The number of hydrogen-bond acceptors (Lipinski definition) is 3. The molecule has 0 aromatic carbocycles. The highest BCUT2D eigenvalue weighted by atomic mass is 35.5. The lowest BCUT2D eigenvalue weighted by atomic mass is 9.71. The number of rotatable bonds is 6. The van der Waals surface area contributed by atoms with E-state index >= 15 is 0 Å². The molecule has 124 valence electrons. The van der Waals surface area contributed by atoms with Gasteiger partial charge in [-0.1, -0.05) is 19.3 Å². The van der Waals surface area contributed by atoms with Crippen LogP contribution in [0.25, 0.3) is 0 Å². The zero-order valence-corrected chi connectivity index (χ0v) is 14.3. The maximum atomic E-state index is 12.2. The predicted octanol–water partition coefficient (Wildman–Crippen LogP) is 1.69. The molecule has 1 atom stereocenters. The number of hydrogen-bond donors (Lipinski definition) is 2. The zero-order valence-electron chi connectivity index (χ0n) is 13.5. The summed E-state index contributed by atoms with van der Waals surface area (Å²) in [7, 11) is 1.74. The van der Waals surface area contributed by atoms with Gasteiger partial charge in [-0.25, -0.2) is 0 Å². The van der Waals surface area contributed by atoms with Gasteiger partial charge >= 0.3 is 0 Å². The Kier molecular flexibility index (Phi) is 8.90. The van der Waals surface area contributed by atoms with Crippen LogP contribution in [0.2, 0.25) is 0 Å². The molecule has 1 unspecified atom stereocenters. The number of nitrogens with two attached hydrogens (primary N) is 1. The topological polar surface area (TPSA) is 75.4 Å². The van der Waals surface area contributed by atoms with E-state index in [0.29, 0.717) is 19.5 Å². The monoisotopic (exact) mass is 319 g/mol. The van der Waals surface area contributed by atoms with Crippen molar-refractivity contribution in [3.8, 4) is 0 Å². The van der Waals surface area contributed by atoms with Gasteiger partial charge in [0, 0.05) is 20.0 Å². The molecule has 0 bridgehead atoms. The first kappa shape index (κ1) is 20.2. The Balaban J connectivity index is 0.00000400. The summed E-state index contributed by atoms with van der Waals surface area (Å²) in [6.45, 7) is 4.85. The van der Waals surface area contributed by atoms with Crippen LogP contribution in [0.5, 0.6) is 0 Å². The molecule has 5 nitrogen and oxygen atoms in total. The minimum absolute atomic E-state index is 0. The van der Waals surface area contributed by atoms with Gasteiger partial charge in [0.05, 0.1) is 0 Å². The highest BCUT2D eigenvalue weighted by Crippen LogP contribution is 2.38. The van der Waals surface area contributed by atoms with E-state index in [-0.39, 0.29) is 29.6 Å². The van der Waals surface area contributed by atoms with Gasteiger partial charge in [-0.2, -0.15) is 0 Å². The fraction of sp³-hybridized carbons (Fsp3) is 0.867. The average Bonchev–Trinajstić information content (AvgIpc) is 2.46. The van der Waals surface area contributed by atoms with Crippen LogP contribution in [0.1, 0.15) is 52.4 Å². The molecule has 0 radical (unpaired) electrons. The Bertz CT molecular complexity index is 344. The Hall–Kier alpha value is -0.810. The number of carbonyl (C=O) groups excluding carboxylic acids is 2. The summed E-state index contributed by atoms with van der Waals surface area (Å²) >= 11 is 0. The van der Waals surface area contributed by atoms with Crippen molar-refractivity contribution in [1.82, 2.24) is 10.2 Å². The Labute approximate surface area is 134 Å². The third-order valence-corrected chi connectivity index (χ3v) is 4.48. The normalized spacial score (nSPS) is 18.3. The van der Waals surface area contributed by atoms with E-state index < -0.39 is 6.04 Å². The molecule has 0 aromatic rings. The van der Waals surface area contributed by atoms with E-state index in [1.807, 2.05) is 6.92 Å². The summed E-state index contributed by atoms with van der Waals surface area (Å²) in [5, 5.41) is 2.82. The van der Waals surface area contributed by atoms with E-state index in [4.69, 9.17) is 5.73 Å². The smallest absolute Gasteiger partial charge is 0.244 e. The first-order valence-electron chi connectivity index (χ1n) is 7.68. The molecule has 21 heavy (non-hydrogen) atoms. The molecule has 1 aliphatic carbocycles. The van der Waals surface area contributed by atoms with Crippen molar-refractivity contribution in [2.45, 2.75) is 58.4 Å². The van der Waals surface area contributed by atoms with Gasteiger partial charge in [0.2, 0.25) is 11.8 Å². The fourth-order valence-corrected chi connectivity index (χ4v) is 2.94. The molecule has 3 N–H and O–H groups in total. The largest absolute Gasteiger partial charge is 0.345 e. The van der Waals surface area contributed by atoms with Crippen molar-refractivity contribution < 1.29 is 9.59 Å². The van der Waals surface area contributed by atoms with Crippen molar-refractivity contribution in [2.24, 2.45) is 11.1 Å². The minimum atomic E-state index is -0.467. The van der Waals surface area contributed by atoms with E-state index in [9.17, 15) is 9.59 Å². The summed E-state index contributed by atoms with van der Waals surface area (Å²) in [5.74, 6) is -0.103. The van der Waals surface area contributed by atoms with Gasteiger partial charge in [0.1, 0.15) is 6.04 Å². The highest BCUT2D eigenvalue weighted by Gasteiger charge is 2.33. The number of halogens is 1. The van der Waals surface area contributed by atoms with E-state index in [0.717, 1.165) is 25.7 Å². The van der Waals surface area contributed by atoms with E-state index in [1.54, 1.807) is 18.9 Å². The summed E-state index contributed by atoms with van der Waals surface area (Å²) in [6.07, 6.45) is 6.02. The summed E-state index contributed by atoms with van der Waals surface area (Å²) in [4.78, 5) is 25.7. The Morgan fingerprint density at radius 1 is 1.29 bits per heavy atom. The van der Waals surface area contributed by atoms with Crippen LogP contribution in [0.15, 0.2) is 0 Å². The molecule has 0 saturated heterocycles. The van der Waals surface area contributed by atoms with Gasteiger partial charge in [-0.15, -0.1) is 12.4 Å². The number of likely N-dealkylation sites (N-methyl/N-ethyl adjacent to an activating group) is 1. The zero-order chi connectivity index (χ0) is 15.2.